The number of aryl methyl sites for hydroxylation is 1. The maximum atomic E-state index is 5.88. The highest BCUT2D eigenvalue weighted by atomic mass is 35.5. The van der Waals surface area contributed by atoms with Gasteiger partial charge in [0.1, 0.15) is 0 Å². The molecule has 0 bridgehead atoms. The molecule has 0 unspecified atom stereocenters. The van der Waals surface area contributed by atoms with E-state index in [1.165, 1.54) is 5.56 Å². The molecule has 0 spiro atoms. The van der Waals surface area contributed by atoms with E-state index in [0.717, 1.165) is 19.4 Å². The van der Waals surface area contributed by atoms with Crippen molar-refractivity contribution in [2.75, 3.05) is 11.9 Å². The zero-order valence-electron chi connectivity index (χ0n) is 9.44. The van der Waals surface area contributed by atoms with E-state index in [2.05, 4.69) is 39.6 Å². The molecule has 88 valence electrons. The van der Waals surface area contributed by atoms with E-state index in [4.69, 9.17) is 11.6 Å². The van der Waals surface area contributed by atoms with E-state index in [1.807, 2.05) is 6.07 Å². The molecule has 17 heavy (non-hydrogen) atoms. The summed E-state index contributed by atoms with van der Waals surface area (Å²) in [5, 5.41) is 3.60. The van der Waals surface area contributed by atoms with Gasteiger partial charge in [0, 0.05) is 18.9 Å². The molecular weight excluding hydrogens is 234 g/mol. The van der Waals surface area contributed by atoms with Crippen LogP contribution in [-0.4, -0.2) is 16.5 Å². The monoisotopic (exact) mass is 247 g/mol. The standard InChI is InChI=1S/C13H14ClN3/c14-12-13(17-10-9-15-12)16-8-4-7-11-5-2-1-3-6-11/h1-3,5-6,9-10H,4,7-8H2,(H,16,17). The number of rotatable bonds is 5. The Morgan fingerprint density at radius 2 is 1.82 bits per heavy atom. The van der Waals surface area contributed by atoms with Gasteiger partial charge in [-0.1, -0.05) is 41.9 Å². The van der Waals surface area contributed by atoms with Crippen LogP contribution in [0.1, 0.15) is 12.0 Å². The average Bonchev–Trinajstić information content (AvgIpc) is 2.38. The van der Waals surface area contributed by atoms with Gasteiger partial charge < -0.3 is 5.32 Å². The highest BCUT2D eigenvalue weighted by molar-refractivity contribution is 6.31. The van der Waals surface area contributed by atoms with E-state index >= 15 is 0 Å². The number of anilines is 1. The Bertz CT molecular complexity index is 459. The third-order valence-electron chi connectivity index (χ3n) is 2.43. The van der Waals surface area contributed by atoms with Gasteiger partial charge in [-0.05, 0) is 18.4 Å². The summed E-state index contributed by atoms with van der Waals surface area (Å²) in [6.07, 6.45) is 5.30. The van der Waals surface area contributed by atoms with Gasteiger partial charge >= 0.3 is 0 Å². The summed E-state index contributed by atoms with van der Waals surface area (Å²) in [4.78, 5) is 8.07. The van der Waals surface area contributed by atoms with Gasteiger partial charge in [-0.25, -0.2) is 9.97 Å². The fraction of sp³-hybridized carbons (Fsp3) is 0.231. The number of nitrogens with one attached hydrogen (secondary N) is 1. The second kappa shape index (κ2) is 6.21. The van der Waals surface area contributed by atoms with Gasteiger partial charge in [0.25, 0.3) is 0 Å². The highest BCUT2D eigenvalue weighted by Gasteiger charge is 2.00. The van der Waals surface area contributed by atoms with Crippen LogP contribution in [0.25, 0.3) is 0 Å². The van der Waals surface area contributed by atoms with Crippen molar-refractivity contribution in [2.45, 2.75) is 12.8 Å². The lowest BCUT2D eigenvalue weighted by Gasteiger charge is -2.06. The number of hydrogen-bond donors (Lipinski definition) is 1. The van der Waals surface area contributed by atoms with Crippen LogP contribution in [0.3, 0.4) is 0 Å². The lowest BCUT2D eigenvalue weighted by molar-refractivity contribution is 0.858. The molecule has 1 N–H and O–H groups in total. The van der Waals surface area contributed by atoms with Crippen molar-refractivity contribution < 1.29 is 0 Å². The molecule has 0 atom stereocenters. The predicted molar refractivity (Wildman–Crippen MR) is 70.3 cm³/mol. The summed E-state index contributed by atoms with van der Waals surface area (Å²) in [7, 11) is 0. The summed E-state index contributed by atoms with van der Waals surface area (Å²) in [6.45, 7) is 0.841. The SMILES string of the molecule is Clc1nccnc1NCCCc1ccccc1. The zero-order valence-corrected chi connectivity index (χ0v) is 10.2. The van der Waals surface area contributed by atoms with Crippen LogP contribution in [0.5, 0.6) is 0 Å². The molecule has 0 aliphatic heterocycles. The summed E-state index contributed by atoms with van der Waals surface area (Å²) in [5.74, 6) is 0.655. The molecule has 0 radical (unpaired) electrons. The molecule has 1 aromatic carbocycles. The van der Waals surface area contributed by atoms with E-state index in [-0.39, 0.29) is 0 Å². The summed E-state index contributed by atoms with van der Waals surface area (Å²) >= 11 is 5.88. The van der Waals surface area contributed by atoms with Gasteiger partial charge in [-0.15, -0.1) is 0 Å². The number of hydrogen-bond acceptors (Lipinski definition) is 3. The zero-order chi connectivity index (χ0) is 11.9. The maximum Gasteiger partial charge on any atom is 0.171 e. The van der Waals surface area contributed by atoms with Gasteiger partial charge in [0.05, 0.1) is 0 Å². The first-order valence-electron chi connectivity index (χ1n) is 5.60. The number of halogens is 1. The van der Waals surface area contributed by atoms with E-state index in [1.54, 1.807) is 12.4 Å². The Morgan fingerprint density at radius 3 is 2.59 bits per heavy atom. The first-order valence-corrected chi connectivity index (χ1v) is 5.98. The fourth-order valence-electron chi connectivity index (χ4n) is 1.58. The first-order chi connectivity index (χ1) is 8.36. The number of nitrogens with zero attached hydrogens (tertiary/aromatic N) is 2. The topological polar surface area (TPSA) is 37.8 Å². The van der Waals surface area contributed by atoms with Crippen LogP contribution in [0.2, 0.25) is 5.15 Å². The molecule has 2 aromatic rings. The van der Waals surface area contributed by atoms with Crippen LogP contribution in [-0.2, 0) is 6.42 Å². The number of benzene rings is 1. The molecule has 0 saturated heterocycles. The molecule has 3 nitrogen and oxygen atoms in total. The fourth-order valence-corrected chi connectivity index (χ4v) is 1.76. The van der Waals surface area contributed by atoms with Crippen molar-refractivity contribution in [1.82, 2.24) is 9.97 Å². The van der Waals surface area contributed by atoms with Crippen molar-refractivity contribution in [3.63, 3.8) is 0 Å². The van der Waals surface area contributed by atoms with Crippen molar-refractivity contribution in [3.05, 3.63) is 53.4 Å². The predicted octanol–water partition coefficient (Wildman–Crippen LogP) is 3.17. The number of aromatic nitrogens is 2. The third kappa shape index (κ3) is 3.71. The van der Waals surface area contributed by atoms with Gasteiger partial charge in [-0.2, -0.15) is 0 Å². The quantitative estimate of drug-likeness (QED) is 0.825. The molecule has 0 saturated carbocycles. The molecule has 1 aromatic heterocycles. The van der Waals surface area contributed by atoms with Crippen LogP contribution >= 0.6 is 11.6 Å². The molecule has 0 amide bonds. The lowest BCUT2D eigenvalue weighted by Crippen LogP contribution is -2.05. The largest absolute Gasteiger partial charge is 0.368 e. The normalized spacial score (nSPS) is 10.2. The Morgan fingerprint density at radius 1 is 1.06 bits per heavy atom. The Kier molecular flexibility index (Phi) is 4.33. The summed E-state index contributed by atoms with van der Waals surface area (Å²) < 4.78 is 0. The molecular formula is C13H14ClN3. The van der Waals surface area contributed by atoms with Crippen molar-refractivity contribution in [1.29, 1.82) is 0 Å². The minimum absolute atomic E-state index is 0.423. The minimum Gasteiger partial charge on any atom is -0.368 e. The van der Waals surface area contributed by atoms with Crippen molar-refractivity contribution >= 4 is 17.4 Å². The third-order valence-corrected chi connectivity index (χ3v) is 2.71. The molecule has 4 heteroatoms. The molecule has 1 heterocycles. The average molecular weight is 248 g/mol. The summed E-state index contributed by atoms with van der Waals surface area (Å²) in [6, 6.07) is 10.4. The highest BCUT2D eigenvalue weighted by Crippen LogP contribution is 2.14. The molecule has 0 aliphatic rings. The van der Waals surface area contributed by atoms with Gasteiger partial charge in [-0.3, -0.25) is 0 Å². The van der Waals surface area contributed by atoms with Crippen LogP contribution in [0.15, 0.2) is 42.7 Å². The van der Waals surface area contributed by atoms with E-state index in [9.17, 15) is 0 Å². The first kappa shape index (κ1) is 11.9. The van der Waals surface area contributed by atoms with Crippen LogP contribution in [0.4, 0.5) is 5.82 Å². The van der Waals surface area contributed by atoms with Crippen molar-refractivity contribution in [2.24, 2.45) is 0 Å². The van der Waals surface area contributed by atoms with E-state index < -0.39 is 0 Å². The van der Waals surface area contributed by atoms with Gasteiger partial charge in [0.2, 0.25) is 0 Å². The second-order valence-corrected chi connectivity index (χ2v) is 4.07. The second-order valence-electron chi connectivity index (χ2n) is 3.71. The minimum atomic E-state index is 0.423. The van der Waals surface area contributed by atoms with E-state index in [0.29, 0.717) is 11.0 Å². The van der Waals surface area contributed by atoms with Crippen LogP contribution in [0, 0.1) is 0 Å². The lowest BCUT2D eigenvalue weighted by atomic mass is 10.1. The van der Waals surface area contributed by atoms with Crippen LogP contribution < -0.4 is 5.32 Å². The maximum absolute atomic E-state index is 5.88. The Hall–Kier alpha value is -1.61. The van der Waals surface area contributed by atoms with Crippen molar-refractivity contribution in [3.8, 4) is 0 Å². The molecule has 0 fully saturated rings. The van der Waals surface area contributed by atoms with Gasteiger partial charge in [0.15, 0.2) is 11.0 Å². The molecule has 2 rings (SSSR count). The molecule has 0 aliphatic carbocycles. The Labute approximate surface area is 106 Å². The summed E-state index contributed by atoms with van der Waals surface area (Å²) in [5.41, 5.74) is 1.35. The Balaban J connectivity index is 1.76. The smallest absolute Gasteiger partial charge is 0.171 e.